The van der Waals surface area contributed by atoms with Crippen molar-refractivity contribution in [3.63, 3.8) is 0 Å². The number of hydrogen-bond acceptors (Lipinski definition) is 6. The molecule has 0 bridgehead atoms. The zero-order valence-electron chi connectivity index (χ0n) is 23.4. The molecule has 8 nitrogen and oxygen atoms in total. The Kier molecular flexibility index (Phi) is 8.86. The van der Waals surface area contributed by atoms with E-state index in [2.05, 4.69) is 15.6 Å². The number of nitrogens with one attached hydrogen (secondary N) is 2. The summed E-state index contributed by atoms with van der Waals surface area (Å²) in [6.07, 6.45) is -2.18. The van der Waals surface area contributed by atoms with Crippen molar-refractivity contribution in [2.75, 3.05) is 6.54 Å². The second-order valence-corrected chi connectivity index (χ2v) is 12.8. The molecule has 1 fully saturated rings. The number of ether oxygens (including phenoxy) is 1. The van der Waals surface area contributed by atoms with Gasteiger partial charge in [0, 0.05) is 6.42 Å². The van der Waals surface area contributed by atoms with Gasteiger partial charge in [0.15, 0.2) is 0 Å². The Labute approximate surface area is 228 Å². The van der Waals surface area contributed by atoms with Crippen LogP contribution in [-0.4, -0.2) is 58.2 Å². The van der Waals surface area contributed by atoms with Crippen LogP contribution in [-0.2, 0) is 14.3 Å². The lowest BCUT2D eigenvalue weighted by Gasteiger charge is -2.35. The van der Waals surface area contributed by atoms with E-state index in [1.165, 1.54) is 4.90 Å². The van der Waals surface area contributed by atoms with Gasteiger partial charge in [-0.2, -0.15) is 0 Å². The van der Waals surface area contributed by atoms with Gasteiger partial charge in [0.25, 0.3) is 0 Å². The first-order chi connectivity index (χ1) is 17.6. The smallest absolute Gasteiger partial charge is 0.408 e. The molecule has 0 aliphatic carbocycles. The Morgan fingerprint density at radius 2 is 1.74 bits per heavy atom. The maximum Gasteiger partial charge on any atom is 0.408 e. The fourth-order valence-corrected chi connectivity index (χ4v) is 5.22. The molecule has 1 saturated heterocycles. The van der Waals surface area contributed by atoms with Gasteiger partial charge in [-0.15, -0.1) is 11.3 Å². The molecule has 0 radical (unpaired) electrons. The molecule has 2 N–H and O–H groups in total. The summed E-state index contributed by atoms with van der Waals surface area (Å²) in [6.45, 7) is 14.2. The summed E-state index contributed by atoms with van der Waals surface area (Å²) < 4.78 is 19.9. The predicted octanol–water partition coefficient (Wildman–Crippen LogP) is 5.17. The average molecular weight is 547 g/mol. The minimum Gasteiger partial charge on any atom is -0.444 e. The van der Waals surface area contributed by atoms with Crippen molar-refractivity contribution in [1.82, 2.24) is 20.5 Å². The van der Waals surface area contributed by atoms with E-state index < -0.39 is 47.2 Å². The largest absolute Gasteiger partial charge is 0.444 e. The minimum absolute atomic E-state index is 0.100. The van der Waals surface area contributed by atoms with E-state index >= 15 is 0 Å². The SMILES string of the molecule is Cc1ncsc1-c1ccc([C@H](C)NC(=O)[C@@H]2C[C@H](F)CN2C(=O)[C@@H](NC(=O)OC(C)(C)C)C(C)(C)C)cc1. The highest BCUT2D eigenvalue weighted by atomic mass is 32.1. The van der Waals surface area contributed by atoms with E-state index in [4.69, 9.17) is 4.74 Å². The van der Waals surface area contributed by atoms with Crippen molar-refractivity contribution >= 4 is 29.2 Å². The Morgan fingerprint density at radius 1 is 1.11 bits per heavy atom. The van der Waals surface area contributed by atoms with Crippen LogP contribution in [0.25, 0.3) is 10.4 Å². The fraction of sp³-hybridized carbons (Fsp3) is 0.571. The van der Waals surface area contributed by atoms with E-state index in [1.54, 1.807) is 52.9 Å². The predicted molar refractivity (Wildman–Crippen MR) is 146 cm³/mol. The van der Waals surface area contributed by atoms with E-state index in [0.717, 1.165) is 21.7 Å². The van der Waals surface area contributed by atoms with Crippen molar-refractivity contribution in [2.45, 2.75) is 91.7 Å². The summed E-state index contributed by atoms with van der Waals surface area (Å²) in [7, 11) is 0. The summed E-state index contributed by atoms with van der Waals surface area (Å²) in [5, 5.41) is 5.58. The second-order valence-electron chi connectivity index (χ2n) is 11.9. The van der Waals surface area contributed by atoms with Crippen molar-refractivity contribution in [3.05, 3.63) is 41.0 Å². The number of aryl methyl sites for hydroxylation is 1. The molecule has 1 aromatic heterocycles. The number of alkyl carbamates (subject to hydrolysis) is 1. The topological polar surface area (TPSA) is 101 Å². The molecule has 10 heteroatoms. The molecule has 3 rings (SSSR count). The molecule has 2 aromatic rings. The van der Waals surface area contributed by atoms with Gasteiger partial charge in [0.05, 0.1) is 28.7 Å². The van der Waals surface area contributed by atoms with Gasteiger partial charge in [0.2, 0.25) is 11.8 Å². The molecule has 3 amide bonds. The van der Waals surface area contributed by atoms with Crippen LogP contribution in [0.5, 0.6) is 0 Å². The quantitative estimate of drug-likeness (QED) is 0.520. The molecule has 0 spiro atoms. The molecular weight excluding hydrogens is 507 g/mol. The standard InChI is InChI=1S/C28H39FN4O4S/c1-16(18-9-11-19(12-10-18)22-17(2)30-15-38-22)31-24(34)21-13-20(29)14-33(21)25(35)23(27(3,4)5)32-26(36)37-28(6,7)8/h9-12,15-16,20-21,23H,13-14H2,1-8H3,(H,31,34)(H,32,36)/t16-,20-,21-,23+/m0/s1. The van der Waals surface area contributed by atoms with Gasteiger partial charge < -0.3 is 20.3 Å². The van der Waals surface area contributed by atoms with Gasteiger partial charge >= 0.3 is 6.09 Å². The molecule has 1 aliphatic heterocycles. The monoisotopic (exact) mass is 546 g/mol. The van der Waals surface area contributed by atoms with Crippen molar-refractivity contribution < 1.29 is 23.5 Å². The molecule has 4 atom stereocenters. The number of rotatable bonds is 6. The Bertz CT molecular complexity index is 1150. The third-order valence-corrected chi connectivity index (χ3v) is 7.36. The molecule has 2 heterocycles. The van der Waals surface area contributed by atoms with Crippen LogP contribution in [0.15, 0.2) is 29.8 Å². The van der Waals surface area contributed by atoms with Crippen molar-refractivity contribution in [2.24, 2.45) is 5.41 Å². The number of nitrogens with zero attached hydrogens (tertiary/aromatic N) is 2. The van der Waals surface area contributed by atoms with Crippen LogP contribution < -0.4 is 10.6 Å². The summed E-state index contributed by atoms with van der Waals surface area (Å²) in [6, 6.07) is 5.51. The normalized spacial score (nSPS) is 19.6. The lowest BCUT2D eigenvalue weighted by Crippen LogP contribution is -2.58. The number of halogens is 1. The van der Waals surface area contributed by atoms with Crippen LogP contribution in [0.4, 0.5) is 9.18 Å². The summed E-state index contributed by atoms with van der Waals surface area (Å²) in [5.41, 5.74) is 3.26. The number of likely N-dealkylation sites (tertiary alicyclic amines) is 1. The van der Waals surface area contributed by atoms with Gasteiger partial charge in [-0.05, 0) is 51.2 Å². The summed E-state index contributed by atoms with van der Waals surface area (Å²) in [4.78, 5) is 46.0. The number of alkyl halides is 1. The van der Waals surface area contributed by atoms with Crippen LogP contribution in [0, 0.1) is 12.3 Å². The summed E-state index contributed by atoms with van der Waals surface area (Å²) >= 11 is 1.57. The molecule has 38 heavy (non-hydrogen) atoms. The van der Waals surface area contributed by atoms with E-state index in [9.17, 15) is 18.8 Å². The number of carbonyl (C=O) groups excluding carboxylic acids is 3. The molecule has 208 valence electrons. The lowest BCUT2D eigenvalue weighted by molar-refractivity contribution is -0.142. The van der Waals surface area contributed by atoms with Gasteiger partial charge in [-0.3, -0.25) is 9.59 Å². The van der Waals surface area contributed by atoms with Crippen molar-refractivity contribution in [1.29, 1.82) is 0 Å². The molecule has 1 aromatic carbocycles. The van der Waals surface area contributed by atoms with Gasteiger partial charge in [-0.1, -0.05) is 45.0 Å². The van der Waals surface area contributed by atoms with Crippen molar-refractivity contribution in [3.8, 4) is 10.4 Å². The number of hydrogen-bond donors (Lipinski definition) is 2. The first kappa shape index (κ1) is 29.5. The summed E-state index contributed by atoms with van der Waals surface area (Å²) in [5.74, 6) is -0.945. The van der Waals surface area contributed by atoms with Crippen LogP contribution >= 0.6 is 11.3 Å². The molecule has 0 saturated carbocycles. The highest BCUT2D eigenvalue weighted by Gasteiger charge is 2.45. The lowest BCUT2D eigenvalue weighted by atomic mass is 9.85. The number of amides is 3. The van der Waals surface area contributed by atoms with Gasteiger partial charge in [0.1, 0.15) is 23.9 Å². The second kappa shape index (κ2) is 11.4. The van der Waals surface area contributed by atoms with Gasteiger partial charge in [-0.25, -0.2) is 14.2 Å². The van der Waals surface area contributed by atoms with E-state index in [0.29, 0.717) is 0 Å². The minimum atomic E-state index is -1.34. The Morgan fingerprint density at radius 3 is 2.26 bits per heavy atom. The molecule has 0 unspecified atom stereocenters. The average Bonchev–Trinajstić information content (AvgIpc) is 3.40. The Hall–Kier alpha value is -3.01. The number of thiazole rings is 1. The highest BCUT2D eigenvalue weighted by Crippen LogP contribution is 2.30. The van der Waals surface area contributed by atoms with Crippen LogP contribution in [0.1, 0.15) is 72.2 Å². The first-order valence-electron chi connectivity index (χ1n) is 12.8. The zero-order chi connectivity index (χ0) is 28.4. The van der Waals surface area contributed by atoms with Crippen LogP contribution in [0.3, 0.4) is 0 Å². The van der Waals surface area contributed by atoms with E-state index in [1.807, 2.05) is 43.6 Å². The first-order valence-corrected chi connectivity index (χ1v) is 13.7. The zero-order valence-corrected chi connectivity index (χ0v) is 24.2. The fourth-order valence-electron chi connectivity index (χ4n) is 4.41. The maximum atomic E-state index is 14.6. The Balaban J connectivity index is 1.72. The molecular formula is C28H39FN4O4S. The third kappa shape index (κ3) is 7.30. The number of benzene rings is 1. The third-order valence-electron chi connectivity index (χ3n) is 6.39. The maximum absolute atomic E-state index is 14.6. The highest BCUT2D eigenvalue weighted by molar-refractivity contribution is 7.13. The van der Waals surface area contributed by atoms with E-state index in [-0.39, 0.29) is 19.0 Å². The van der Waals surface area contributed by atoms with Crippen LogP contribution in [0.2, 0.25) is 0 Å². The molecule has 1 aliphatic rings. The number of carbonyl (C=O) groups is 3. The number of aromatic nitrogens is 1.